The third-order valence-corrected chi connectivity index (χ3v) is 2.49. The molecular formula is C11H11ClN2O. The lowest BCUT2D eigenvalue weighted by atomic mass is 10.1. The number of hydrogen-bond donors (Lipinski definition) is 0. The highest BCUT2D eigenvalue weighted by Gasteiger charge is 2.09. The summed E-state index contributed by atoms with van der Waals surface area (Å²) in [6.07, 6.45) is 1.75. The van der Waals surface area contributed by atoms with E-state index in [2.05, 4.69) is 5.10 Å². The van der Waals surface area contributed by atoms with Crippen molar-refractivity contribution in [3.63, 3.8) is 0 Å². The quantitative estimate of drug-likeness (QED) is 0.781. The van der Waals surface area contributed by atoms with Gasteiger partial charge in [-0.1, -0.05) is 11.6 Å². The minimum Gasteiger partial charge on any atom is -0.496 e. The van der Waals surface area contributed by atoms with Gasteiger partial charge in [0.2, 0.25) is 0 Å². The molecular weight excluding hydrogens is 212 g/mol. The van der Waals surface area contributed by atoms with Gasteiger partial charge in [-0.2, -0.15) is 5.10 Å². The molecule has 0 amide bonds. The monoisotopic (exact) mass is 222 g/mol. The predicted molar refractivity (Wildman–Crippen MR) is 60.2 cm³/mol. The summed E-state index contributed by atoms with van der Waals surface area (Å²) in [5.41, 5.74) is 1.93. The summed E-state index contributed by atoms with van der Waals surface area (Å²) in [6.45, 7) is 0. The van der Waals surface area contributed by atoms with Crippen molar-refractivity contribution in [1.29, 1.82) is 0 Å². The third kappa shape index (κ3) is 1.83. The summed E-state index contributed by atoms with van der Waals surface area (Å²) < 4.78 is 7.07. The lowest BCUT2D eigenvalue weighted by molar-refractivity contribution is 0.416. The van der Waals surface area contributed by atoms with Gasteiger partial charge in [0.1, 0.15) is 5.75 Å². The van der Waals surface area contributed by atoms with E-state index in [4.69, 9.17) is 16.3 Å². The molecule has 1 aromatic heterocycles. The minimum atomic E-state index is 0.687. The molecule has 0 saturated heterocycles. The van der Waals surface area contributed by atoms with E-state index in [0.29, 0.717) is 5.02 Å². The zero-order valence-corrected chi connectivity index (χ0v) is 9.32. The van der Waals surface area contributed by atoms with E-state index in [1.165, 1.54) is 0 Å². The van der Waals surface area contributed by atoms with Crippen molar-refractivity contribution in [1.82, 2.24) is 9.78 Å². The summed E-state index contributed by atoms with van der Waals surface area (Å²) in [5, 5.41) is 4.80. The first kappa shape index (κ1) is 10.1. The van der Waals surface area contributed by atoms with Gasteiger partial charge in [-0.05, 0) is 24.3 Å². The first-order chi connectivity index (χ1) is 7.22. The lowest BCUT2D eigenvalue weighted by Crippen LogP contribution is -1.95. The average molecular weight is 223 g/mol. The second kappa shape index (κ2) is 3.95. The van der Waals surface area contributed by atoms with Gasteiger partial charge in [-0.3, -0.25) is 4.68 Å². The maximum Gasteiger partial charge on any atom is 0.128 e. The van der Waals surface area contributed by atoms with Crippen LogP contribution in [0.25, 0.3) is 11.3 Å². The first-order valence-corrected chi connectivity index (χ1v) is 4.92. The molecule has 78 valence electrons. The summed E-state index contributed by atoms with van der Waals surface area (Å²) in [6, 6.07) is 7.45. The maximum atomic E-state index is 5.96. The molecule has 0 unspecified atom stereocenters. The molecule has 2 aromatic rings. The smallest absolute Gasteiger partial charge is 0.128 e. The largest absolute Gasteiger partial charge is 0.496 e. The van der Waals surface area contributed by atoms with Crippen LogP contribution in [-0.2, 0) is 7.05 Å². The van der Waals surface area contributed by atoms with E-state index in [0.717, 1.165) is 17.0 Å². The Morgan fingerprint density at radius 2 is 2.13 bits per heavy atom. The van der Waals surface area contributed by atoms with Gasteiger partial charge in [0, 0.05) is 23.8 Å². The molecule has 4 heteroatoms. The number of aryl methyl sites for hydroxylation is 1. The minimum absolute atomic E-state index is 0.687. The Bertz CT molecular complexity index is 479. The predicted octanol–water partition coefficient (Wildman–Crippen LogP) is 2.75. The SMILES string of the molecule is COc1ccc(Cl)cc1-c1ccnn1C. The maximum absolute atomic E-state index is 5.96. The number of ether oxygens (including phenoxy) is 1. The van der Waals surface area contributed by atoms with Crippen LogP contribution >= 0.6 is 11.6 Å². The molecule has 0 fully saturated rings. The number of benzene rings is 1. The molecule has 0 saturated carbocycles. The van der Waals surface area contributed by atoms with Crippen LogP contribution in [0.4, 0.5) is 0 Å². The Morgan fingerprint density at radius 3 is 2.73 bits per heavy atom. The van der Waals surface area contributed by atoms with Crippen molar-refractivity contribution in [3.8, 4) is 17.0 Å². The fraction of sp³-hybridized carbons (Fsp3) is 0.182. The van der Waals surface area contributed by atoms with E-state index in [1.807, 2.05) is 25.2 Å². The fourth-order valence-corrected chi connectivity index (χ4v) is 1.69. The van der Waals surface area contributed by atoms with Crippen LogP contribution in [0.1, 0.15) is 0 Å². The molecule has 15 heavy (non-hydrogen) atoms. The second-order valence-electron chi connectivity index (χ2n) is 3.18. The standard InChI is InChI=1S/C11H11ClN2O/c1-14-10(5-6-13-14)9-7-8(12)3-4-11(9)15-2/h3-7H,1-2H3. The molecule has 0 spiro atoms. The number of methoxy groups -OCH3 is 1. The van der Waals surface area contributed by atoms with Gasteiger partial charge >= 0.3 is 0 Å². The first-order valence-electron chi connectivity index (χ1n) is 4.54. The molecule has 0 radical (unpaired) electrons. The van der Waals surface area contributed by atoms with Gasteiger partial charge in [0.25, 0.3) is 0 Å². The lowest BCUT2D eigenvalue weighted by Gasteiger charge is -2.08. The van der Waals surface area contributed by atoms with Crippen LogP contribution in [0.2, 0.25) is 5.02 Å². The van der Waals surface area contributed by atoms with Crippen LogP contribution in [0, 0.1) is 0 Å². The molecule has 0 aliphatic heterocycles. The van der Waals surface area contributed by atoms with Crippen LogP contribution in [-0.4, -0.2) is 16.9 Å². The highest BCUT2D eigenvalue weighted by molar-refractivity contribution is 6.30. The highest BCUT2D eigenvalue weighted by Crippen LogP contribution is 2.31. The van der Waals surface area contributed by atoms with E-state index < -0.39 is 0 Å². The summed E-state index contributed by atoms with van der Waals surface area (Å²) in [7, 11) is 3.53. The van der Waals surface area contributed by atoms with Gasteiger partial charge in [-0.25, -0.2) is 0 Å². The second-order valence-corrected chi connectivity index (χ2v) is 3.62. The van der Waals surface area contributed by atoms with Crippen molar-refractivity contribution in [2.75, 3.05) is 7.11 Å². The van der Waals surface area contributed by atoms with Crippen LogP contribution < -0.4 is 4.74 Å². The van der Waals surface area contributed by atoms with Crippen molar-refractivity contribution in [2.24, 2.45) is 7.05 Å². The van der Waals surface area contributed by atoms with Crippen molar-refractivity contribution in [2.45, 2.75) is 0 Å². The molecule has 2 rings (SSSR count). The Kier molecular flexibility index (Phi) is 2.64. The topological polar surface area (TPSA) is 27.1 Å². The zero-order valence-electron chi connectivity index (χ0n) is 8.57. The van der Waals surface area contributed by atoms with E-state index in [1.54, 1.807) is 24.1 Å². The summed E-state index contributed by atoms with van der Waals surface area (Å²) in [4.78, 5) is 0. The number of hydrogen-bond acceptors (Lipinski definition) is 2. The van der Waals surface area contributed by atoms with E-state index >= 15 is 0 Å². The Hall–Kier alpha value is -1.48. The number of aromatic nitrogens is 2. The van der Waals surface area contributed by atoms with E-state index in [9.17, 15) is 0 Å². The van der Waals surface area contributed by atoms with Crippen LogP contribution in [0.15, 0.2) is 30.5 Å². The van der Waals surface area contributed by atoms with Gasteiger partial charge in [0.15, 0.2) is 0 Å². The van der Waals surface area contributed by atoms with Crippen molar-refractivity contribution >= 4 is 11.6 Å². The highest BCUT2D eigenvalue weighted by atomic mass is 35.5. The van der Waals surface area contributed by atoms with Crippen molar-refractivity contribution < 1.29 is 4.74 Å². The molecule has 0 atom stereocenters. The summed E-state index contributed by atoms with van der Waals surface area (Å²) >= 11 is 5.96. The average Bonchev–Trinajstić information content (AvgIpc) is 2.64. The van der Waals surface area contributed by atoms with Gasteiger partial charge < -0.3 is 4.74 Å². The van der Waals surface area contributed by atoms with Crippen LogP contribution in [0.5, 0.6) is 5.75 Å². The Labute approximate surface area is 93.2 Å². The van der Waals surface area contributed by atoms with E-state index in [-0.39, 0.29) is 0 Å². The summed E-state index contributed by atoms with van der Waals surface area (Å²) in [5.74, 6) is 0.794. The van der Waals surface area contributed by atoms with Gasteiger partial charge in [-0.15, -0.1) is 0 Å². The number of rotatable bonds is 2. The normalized spacial score (nSPS) is 10.3. The van der Waals surface area contributed by atoms with Crippen LogP contribution in [0.3, 0.4) is 0 Å². The fourth-order valence-electron chi connectivity index (χ4n) is 1.52. The molecule has 1 heterocycles. The third-order valence-electron chi connectivity index (χ3n) is 2.26. The number of nitrogens with zero attached hydrogens (tertiary/aromatic N) is 2. The number of halogens is 1. The molecule has 0 aliphatic rings. The molecule has 1 aromatic carbocycles. The molecule has 0 N–H and O–H groups in total. The van der Waals surface area contributed by atoms with Crippen molar-refractivity contribution in [3.05, 3.63) is 35.5 Å². The Balaban J connectivity index is 2.60. The molecule has 0 aliphatic carbocycles. The van der Waals surface area contributed by atoms with Gasteiger partial charge in [0.05, 0.1) is 12.8 Å². The molecule has 3 nitrogen and oxygen atoms in total. The Morgan fingerprint density at radius 1 is 1.33 bits per heavy atom. The molecule has 0 bridgehead atoms. The zero-order chi connectivity index (χ0) is 10.8.